The molecule has 3 saturated carbocycles. The molecule has 0 aliphatic heterocycles. The maximum atomic E-state index is 5.96. The molecule has 3 nitrogen and oxygen atoms in total. The van der Waals surface area contributed by atoms with Gasteiger partial charge in [0.25, 0.3) is 0 Å². The third-order valence-electron chi connectivity index (χ3n) is 7.73. The summed E-state index contributed by atoms with van der Waals surface area (Å²) in [5.41, 5.74) is 2.85. The van der Waals surface area contributed by atoms with Crippen LogP contribution in [0.3, 0.4) is 0 Å². The minimum absolute atomic E-state index is 0.545. The van der Waals surface area contributed by atoms with E-state index in [9.17, 15) is 0 Å². The highest BCUT2D eigenvalue weighted by Gasteiger charge is 2.57. The third-order valence-corrected chi connectivity index (χ3v) is 7.73. The molecular formula is C25H38N2O. The Bertz CT molecular complexity index is 660. The predicted octanol–water partition coefficient (Wildman–Crippen LogP) is 5.40. The molecule has 3 heteroatoms. The number of benzene rings is 1. The first-order valence-electron chi connectivity index (χ1n) is 11.6. The summed E-state index contributed by atoms with van der Waals surface area (Å²) in [7, 11) is 0. The zero-order valence-electron chi connectivity index (χ0n) is 18.2. The van der Waals surface area contributed by atoms with Crippen molar-refractivity contribution >= 4 is 5.71 Å². The summed E-state index contributed by atoms with van der Waals surface area (Å²) in [6.45, 7) is 10.7. The standard InChI is InChI=1S/C25H38N2O/c1-17(2)27(18(3)4)13-14-28-26-25-23(15-19-9-6-5-7-10-19)22-16-24(25)21-12-8-11-20(21)22/h5-7,9-10,17-18,20-24H,8,11-16H2,1-4H3/b26-25-/t20-,21+,22-,23+,24+/m1/s1. The third kappa shape index (κ3) is 3.87. The number of fused-ring (bicyclic) bond motifs is 5. The van der Waals surface area contributed by atoms with Crippen LogP contribution in [0.25, 0.3) is 0 Å². The molecule has 2 bridgehead atoms. The van der Waals surface area contributed by atoms with Crippen molar-refractivity contribution in [2.24, 2.45) is 34.7 Å². The van der Waals surface area contributed by atoms with Gasteiger partial charge in [-0.2, -0.15) is 0 Å². The normalized spacial score (nSPS) is 32.8. The Labute approximate surface area is 171 Å². The van der Waals surface area contributed by atoms with Crippen molar-refractivity contribution in [3.05, 3.63) is 35.9 Å². The summed E-state index contributed by atoms with van der Waals surface area (Å²) in [6, 6.07) is 12.1. The van der Waals surface area contributed by atoms with E-state index in [0.717, 1.165) is 30.7 Å². The van der Waals surface area contributed by atoms with Crippen molar-refractivity contribution in [2.75, 3.05) is 13.2 Å². The molecule has 0 unspecified atom stereocenters. The molecular weight excluding hydrogens is 344 g/mol. The van der Waals surface area contributed by atoms with Gasteiger partial charge >= 0.3 is 0 Å². The molecule has 0 spiro atoms. The van der Waals surface area contributed by atoms with Gasteiger partial charge in [-0.25, -0.2) is 0 Å². The van der Waals surface area contributed by atoms with E-state index in [0.29, 0.717) is 30.5 Å². The topological polar surface area (TPSA) is 24.8 Å². The van der Waals surface area contributed by atoms with Gasteiger partial charge in [0.2, 0.25) is 0 Å². The lowest BCUT2D eigenvalue weighted by Crippen LogP contribution is -2.39. The van der Waals surface area contributed by atoms with Gasteiger partial charge in [0.15, 0.2) is 0 Å². The van der Waals surface area contributed by atoms with Crippen LogP contribution in [0.4, 0.5) is 0 Å². The van der Waals surface area contributed by atoms with Crippen LogP contribution in [-0.4, -0.2) is 35.8 Å². The second-order valence-electron chi connectivity index (χ2n) is 9.84. The lowest BCUT2D eigenvalue weighted by atomic mass is 9.72. The van der Waals surface area contributed by atoms with Crippen molar-refractivity contribution in [1.82, 2.24) is 4.90 Å². The number of hydrogen-bond donors (Lipinski definition) is 0. The maximum Gasteiger partial charge on any atom is 0.129 e. The zero-order chi connectivity index (χ0) is 19.7. The SMILES string of the molecule is CC(C)N(CCO/N=C1/[C@@H](Cc2ccccc2)[C@@H]2C[C@H]1[C@H]1CCC[C@@H]21)C(C)C. The van der Waals surface area contributed by atoms with Crippen LogP contribution in [0.1, 0.15) is 58.9 Å². The summed E-state index contributed by atoms with van der Waals surface area (Å²) < 4.78 is 0. The Balaban J connectivity index is 1.44. The van der Waals surface area contributed by atoms with Crippen LogP contribution in [0.2, 0.25) is 0 Å². The first-order valence-corrected chi connectivity index (χ1v) is 11.6. The van der Waals surface area contributed by atoms with Gasteiger partial charge in [0, 0.05) is 30.5 Å². The van der Waals surface area contributed by atoms with E-state index in [1.807, 2.05) is 0 Å². The number of rotatable bonds is 8. The smallest absolute Gasteiger partial charge is 0.129 e. The monoisotopic (exact) mass is 382 g/mol. The summed E-state index contributed by atoms with van der Waals surface area (Å²) in [5, 5.41) is 4.82. The number of nitrogens with zero attached hydrogens (tertiary/aromatic N) is 2. The Morgan fingerprint density at radius 1 is 1.00 bits per heavy atom. The summed E-state index contributed by atoms with van der Waals surface area (Å²) in [6.07, 6.45) is 6.78. The van der Waals surface area contributed by atoms with Crippen molar-refractivity contribution < 1.29 is 4.84 Å². The highest BCUT2D eigenvalue weighted by atomic mass is 16.6. The predicted molar refractivity (Wildman–Crippen MR) is 116 cm³/mol. The van der Waals surface area contributed by atoms with Gasteiger partial charge in [-0.1, -0.05) is 41.9 Å². The Morgan fingerprint density at radius 2 is 1.71 bits per heavy atom. The lowest BCUT2D eigenvalue weighted by molar-refractivity contribution is 0.0802. The van der Waals surface area contributed by atoms with Gasteiger partial charge in [-0.05, 0) is 76.7 Å². The fourth-order valence-electron chi connectivity index (χ4n) is 6.63. The summed E-state index contributed by atoms with van der Waals surface area (Å²) in [4.78, 5) is 8.45. The van der Waals surface area contributed by atoms with E-state index < -0.39 is 0 Å². The fourth-order valence-corrected chi connectivity index (χ4v) is 6.63. The molecule has 3 fully saturated rings. The van der Waals surface area contributed by atoms with E-state index in [1.165, 1.54) is 37.0 Å². The Kier molecular flexibility index (Phi) is 6.10. The van der Waals surface area contributed by atoms with Gasteiger partial charge in [-0.15, -0.1) is 0 Å². The number of oxime groups is 1. The molecule has 4 rings (SSSR count). The average molecular weight is 383 g/mol. The summed E-state index contributed by atoms with van der Waals surface area (Å²) in [5.74, 6) is 3.97. The maximum absolute atomic E-state index is 5.96. The van der Waals surface area contributed by atoms with Crippen molar-refractivity contribution in [2.45, 2.75) is 71.9 Å². The molecule has 3 aliphatic carbocycles. The molecule has 0 heterocycles. The highest BCUT2D eigenvalue weighted by Crippen LogP contribution is 2.60. The molecule has 0 aromatic heterocycles. The molecule has 0 saturated heterocycles. The average Bonchev–Trinajstić information content (AvgIpc) is 3.34. The summed E-state index contributed by atoms with van der Waals surface area (Å²) >= 11 is 0. The second kappa shape index (κ2) is 8.57. The van der Waals surface area contributed by atoms with Crippen LogP contribution < -0.4 is 0 Å². The molecule has 0 radical (unpaired) electrons. The van der Waals surface area contributed by atoms with Gasteiger partial charge in [0.05, 0.1) is 5.71 Å². The largest absolute Gasteiger partial charge is 0.394 e. The molecule has 3 aliphatic rings. The van der Waals surface area contributed by atoms with Gasteiger partial charge in [0.1, 0.15) is 6.61 Å². The van der Waals surface area contributed by atoms with Gasteiger partial charge in [-0.3, -0.25) is 4.90 Å². The van der Waals surface area contributed by atoms with Crippen molar-refractivity contribution in [3.63, 3.8) is 0 Å². The van der Waals surface area contributed by atoms with Crippen LogP contribution in [0.5, 0.6) is 0 Å². The molecule has 0 N–H and O–H groups in total. The highest BCUT2D eigenvalue weighted by molar-refractivity contribution is 5.92. The van der Waals surface area contributed by atoms with Crippen LogP contribution >= 0.6 is 0 Å². The quantitative estimate of drug-likeness (QED) is 0.444. The van der Waals surface area contributed by atoms with Crippen molar-refractivity contribution in [1.29, 1.82) is 0 Å². The zero-order valence-corrected chi connectivity index (χ0v) is 18.2. The second-order valence-corrected chi connectivity index (χ2v) is 9.84. The van der Waals surface area contributed by atoms with E-state index in [4.69, 9.17) is 9.99 Å². The molecule has 5 atom stereocenters. The van der Waals surface area contributed by atoms with Crippen LogP contribution in [-0.2, 0) is 11.3 Å². The lowest BCUT2D eigenvalue weighted by Gasteiger charge is -2.33. The fraction of sp³-hybridized carbons (Fsp3) is 0.720. The minimum atomic E-state index is 0.545. The first kappa shape index (κ1) is 19.9. The van der Waals surface area contributed by atoms with Gasteiger partial charge < -0.3 is 4.84 Å². The molecule has 28 heavy (non-hydrogen) atoms. The molecule has 1 aromatic rings. The molecule has 154 valence electrons. The molecule has 0 amide bonds. The molecule has 1 aromatic carbocycles. The number of hydrogen-bond acceptors (Lipinski definition) is 3. The van der Waals surface area contributed by atoms with E-state index in [-0.39, 0.29) is 0 Å². The van der Waals surface area contributed by atoms with E-state index in [1.54, 1.807) is 0 Å². The van der Waals surface area contributed by atoms with E-state index in [2.05, 4.69) is 62.9 Å². The van der Waals surface area contributed by atoms with Crippen LogP contribution in [0.15, 0.2) is 35.5 Å². The van der Waals surface area contributed by atoms with Crippen molar-refractivity contribution in [3.8, 4) is 0 Å². The Morgan fingerprint density at radius 3 is 2.43 bits per heavy atom. The first-order chi connectivity index (χ1) is 13.6. The van der Waals surface area contributed by atoms with Crippen LogP contribution in [0, 0.1) is 29.6 Å². The van der Waals surface area contributed by atoms with E-state index >= 15 is 0 Å². The minimum Gasteiger partial charge on any atom is -0.394 e. The Hall–Kier alpha value is -1.35.